The van der Waals surface area contributed by atoms with Crippen LogP contribution in [0.15, 0.2) is 42.5 Å². The molecule has 144 valence electrons. The maximum Gasteiger partial charge on any atom is 0.338 e. The number of ether oxygens (including phenoxy) is 2. The van der Waals surface area contributed by atoms with E-state index in [0.717, 1.165) is 37.6 Å². The molecule has 0 amide bonds. The number of nitrogens with zero attached hydrogens (tertiary/aromatic N) is 2. The third-order valence-electron chi connectivity index (χ3n) is 4.66. The number of anilines is 3. The molecule has 0 unspecified atom stereocenters. The maximum absolute atomic E-state index is 12.0. The van der Waals surface area contributed by atoms with E-state index in [0.29, 0.717) is 11.3 Å². The van der Waals surface area contributed by atoms with E-state index in [1.807, 2.05) is 32.0 Å². The number of nitrogen functional groups attached to an aromatic ring is 1. The molecule has 1 saturated heterocycles. The molecular formula is C21H27N3O3. The van der Waals surface area contributed by atoms with Crippen LogP contribution in [0.3, 0.4) is 0 Å². The van der Waals surface area contributed by atoms with Gasteiger partial charge in [-0.15, -0.1) is 0 Å². The third kappa shape index (κ3) is 4.45. The Morgan fingerprint density at radius 1 is 1.00 bits per heavy atom. The van der Waals surface area contributed by atoms with Gasteiger partial charge in [-0.05, 0) is 56.3 Å². The highest BCUT2D eigenvalue weighted by Gasteiger charge is 2.20. The lowest BCUT2D eigenvalue weighted by molar-refractivity contribution is 0.0378. The molecule has 2 aromatic rings. The summed E-state index contributed by atoms with van der Waals surface area (Å²) in [4.78, 5) is 16.6. The first-order chi connectivity index (χ1) is 13.0. The Morgan fingerprint density at radius 3 is 2.19 bits per heavy atom. The standard InChI is InChI=1S/C21H27N3O3/c1-15(2)27-21(25)16-4-9-20(19(22)14-16)24-12-10-23(11-13-24)17-5-7-18(26-3)8-6-17/h4-9,14-15H,10-13,22H2,1-3H3. The van der Waals surface area contributed by atoms with Crippen molar-refractivity contribution < 1.29 is 14.3 Å². The van der Waals surface area contributed by atoms with E-state index >= 15 is 0 Å². The summed E-state index contributed by atoms with van der Waals surface area (Å²) in [5.74, 6) is 0.522. The molecule has 6 heteroatoms. The fourth-order valence-electron chi connectivity index (χ4n) is 3.25. The van der Waals surface area contributed by atoms with E-state index in [1.165, 1.54) is 5.69 Å². The second-order valence-corrected chi connectivity index (χ2v) is 6.90. The van der Waals surface area contributed by atoms with Gasteiger partial charge in [-0.3, -0.25) is 0 Å². The van der Waals surface area contributed by atoms with Gasteiger partial charge in [0.05, 0.1) is 30.2 Å². The van der Waals surface area contributed by atoms with Crippen molar-refractivity contribution in [3.05, 3.63) is 48.0 Å². The van der Waals surface area contributed by atoms with Crippen LogP contribution in [-0.2, 0) is 4.74 Å². The molecule has 1 aliphatic rings. The van der Waals surface area contributed by atoms with Crippen molar-refractivity contribution in [1.29, 1.82) is 0 Å². The molecule has 3 rings (SSSR count). The summed E-state index contributed by atoms with van der Waals surface area (Å²) in [5.41, 5.74) is 9.47. The average Bonchev–Trinajstić information content (AvgIpc) is 2.67. The summed E-state index contributed by atoms with van der Waals surface area (Å²) < 4.78 is 10.5. The summed E-state index contributed by atoms with van der Waals surface area (Å²) >= 11 is 0. The van der Waals surface area contributed by atoms with Crippen LogP contribution in [0.4, 0.5) is 17.1 Å². The number of nitrogens with two attached hydrogens (primary N) is 1. The maximum atomic E-state index is 12.0. The summed E-state index contributed by atoms with van der Waals surface area (Å²) in [6, 6.07) is 13.5. The highest BCUT2D eigenvalue weighted by Crippen LogP contribution is 2.27. The molecule has 2 aromatic carbocycles. The minimum Gasteiger partial charge on any atom is -0.497 e. The van der Waals surface area contributed by atoms with Crippen LogP contribution >= 0.6 is 0 Å². The van der Waals surface area contributed by atoms with Crippen LogP contribution in [-0.4, -0.2) is 45.4 Å². The van der Waals surface area contributed by atoms with Gasteiger partial charge in [-0.2, -0.15) is 0 Å². The molecule has 6 nitrogen and oxygen atoms in total. The smallest absolute Gasteiger partial charge is 0.338 e. The number of carbonyl (C=O) groups is 1. The Morgan fingerprint density at radius 2 is 1.63 bits per heavy atom. The zero-order valence-corrected chi connectivity index (χ0v) is 16.1. The van der Waals surface area contributed by atoms with E-state index in [9.17, 15) is 4.79 Å². The predicted octanol–water partition coefficient (Wildman–Crippen LogP) is 3.17. The SMILES string of the molecule is COc1ccc(N2CCN(c3ccc(C(=O)OC(C)C)cc3N)CC2)cc1. The molecule has 1 fully saturated rings. The zero-order valence-electron chi connectivity index (χ0n) is 16.1. The van der Waals surface area contributed by atoms with Gasteiger partial charge in [-0.1, -0.05) is 0 Å². The highest BCUT2D eigenvalue weighted by atomic mass is 16.5. The van der Waals surface area contributed by atoms with Gasteiger partial charge < -0.3 is 25.0 Å². The Hall–Kier alpha value is -2.89. The molecular weight excluding hydrogens is 342 g/mol. The number of carbonyl (C=O) groups excluding carboxylic acids is 1. The van der Waals surface area contributed by atoms with Gasteiger partial charge in [0.15, 0.2) is 0 Å². The Kier molecular flexibility index (Phi) is 5.74. The number of esters is 1. The molecule has 0 saturated carbocycles. The topological polar surface area (TPSA) is 68.0 Å². The van der Waals surface area contributed by atoms with Crippen LogP contribution in [0.2, 0.25) is 0 Å². The first kappa shape index (κ1) is 18.9. The van der Waals surface area contributed by atoms with Gasteiger partial charge in [-0.25, -0.2) is 4.79 Å². The number of benzene rings is 2. The van der Waals surface area contributed by atoms with Crippen molar-refractivity contribution in [3.63, 3.8) is 0 Å². The van der Waals surface area contributed by atoms with Crippen molar-refractivity contribution >= 4 is 23.0 Å². The van der Waals surface area contributed by atoms with Crippen molar-refractivity contribution in [2.75, 3.05) is 48.8 Å². The van der Waals surface area contributed by atoms with Gasteiger partial charge in [0.2, 0.25) is 0 Å². The average molecular weight is 369 g/mol. The number of hydrogen-bond acceptors (Lipinski definition) is 6. The van der Waals surface area contributed by atoms with Crippen molar-refractivity contribution in [1.82, 2.24) is 0 Å². The molecule has 1 heterocycles. The normalized spacial score (nSPS) is 14.4. The number of rotatable bonds is 5. The number of methoxy groups -OCH3 is 1. The number of piperazine rings is 1. The minimum absolute atomic E-state index is 0.149. The van der Waals surface area contributed by atoms with Crippen LogP contribution in [0, 0.1) is 0 Å². The van der Waals surface area contributed by atoms with Gasteiger partial charge in [0.1, 0.15) is 5.75 Å². The molecule has 0 aliphatic carbocycles. The zero-order chi connectivity index (χ0) is 19.4. The first-order valence-corrected chi connectivity index (χ1v) is 9.22. The quantitative estimate of drug-likeness (QED) is 0.645. The van der Waals surface area contributed by atoms with Gasteiger partial charge in [0, 0.05) is 31.9 Å². The molecule has 2 N–H and O–H groups in total. The van der Waals surface area contributed by atoms with Crippen molar-refractivity contribution in [3.8, 4) is 5.75 Å². The van der Waals surface area contributed by atoms with E-state index in [1.54, 1.807) is 19.2 Å². The van der Waals surface area contributed by atoms with Crippen LogP contribution in [0.25, 0.3) is 0 Å². The van der Waals surface area contributed by atoms with Crippen LogP contribution in [0.5, 0.6) is 5.75 Å². The summed E-state index contributed by atoms with van der Waals surface area (Å²) in [6.45, 7) is 7.21. The van der Waals surface area contributed by atoms with E-state index in [2.05, 4.69) is 21.9 Å². The van der Waals surface area contributed by atoms with Crippen molar-refractivity contribution in [2.24, 2.45) is 0 Å². The van der Waals surface area contributed by atoms with Gasteiger partial charge in [0.25, 0.3) is 0 Å². The highest BCUT2D eigenvalue weighted by molar-refractivity contribution is 5.92. The van der Waals surface area contributed by atoms with E-state index in [4.69, 9.17) is 15.2 Å². The molecule has 0 bridgehead atoms. The fraction of sp³-hybridized carbons (Fsp3) is 0.381. The first-order valence-electron chi connectivity index (χ1n) is 9.22. The molecule has 0 aromatic heterocycles. The molecule has 1 aliphatic heterocycles. The van der Waals surface area contributed by atoms with Crippen LogP contribution < -0.4 is 20.3 Å². The molecule has 0 spiro atoms. The number of hydrogen-bond donors (Lipinski definition) is 1. The largest absolute Gasteiger partial charge is 0.497 e. The second-order valence-electron chi connectivity index (χ2n) is 6.90. The molecule has 0 radical (unpaired) electrons. The predicted molar refractivity (Wildman–Crippen MR) is 109 cm³/mol. The Balaban J connectivity index is 1.64. The second kappa shape index (κ2) is 8.20. The summed E-state index contributed by atoms with van der Waals surface area (Å²) in [6.07, 6.45) is -0.149. The molecule has 27 heavy (non-hydrogen) atoms. The third-order valence-corrected chi connectivity index (χ3v) is 4.66. The van der Waals surface area contributed by atoms with E-state index < -0.39 is 0 Å². The molecule has 0 atom stereocenters. The summed E-state index contributed by atoms with van der Waals surface area (Å²) in [5, 5.41) is 0. The lowest BCUT2D eigenvalue weighted by atomic mass is 10.1. The monoisotopic (exact) mass is 369 g/mol. The Bertz CT molecular complexity index is 782. The van der Waals surface area contributed by atoms with Crippen molar-refractivity contribution in [2.45, 2.75) is 20.0 Å². The minimum atomic E-state index is -0.340. The van der Waals surface area contributed by atoms with E-state index in [-0.39, 0.29) is 12.1 Å². The Labute approximate surface area is 160 Å². The van der Waals surface area contributed by atoms with Gasteiger partial charge >= 0.3 is 5.97 Å². The lowest BCUT2D eigenvalue weighted by Crippen LogP contribution is -2.46. The lowest BCUT2D eigenvalue weighted by Gasteiger charge is -2.38. The fourth-order valence-corrected chi connectivity index (χ4v) is 3.25. The van der Waals surface area contributed by atoms with Crippen LogP contribution in [0.1, 0.15) is 24.2 Å². The summed E-state index contributed by atoms with van der Waals surface area (Å²) in [7, 11) is 1.67.